The highest BCUT2D eigenvalue weighted by Crippen LogP contribution is 2.26. The van der Waals surface area contributed by atoms with Gasteiger partial charge in [-0.25, -0.2) is 8.42 Å². The van der Waals surface area contributed by atoms with Crippen molar-refractivity contribution in [3.8, 4) is 11.5 Å². The molecule has 0 saturated carbocycles. The van der Waals surface area contributed by atoms with Crippen LogP contribution in [0.1, 0.15) is 39.7 Å². The van der Waals surface area contributed by atoms with Crippen molar-refractivity contribution in [1.82, 2.24) is 10.2 Å². The van der Waals surface area contributed by atoms with E-state index in [1.54, 1.807) is 61.7 Å². The molecule has 0 aliphatic heterocycles. The molecule has 0 spiro atoms. The predicted molar refractivity (Wildman–Crippen MR) is 164 cm³/mol. The summed E-state index contributed by atoms with van der Waals surface area (Å²) in [5.41, 5.74) is 1.11. The molecule has 0 unspecified atom stereocenters. The lowest BCUT2D eigenvalue weighted by molar-refractivity contribution is -0.140. The highest BCUT2D eigenvalue weighted by Gasteiger charge is 2.33. The Morgan fingerprint density at radius 1 is 0.881 bits per heavy atom. The fourth-order valence-corrected chi connectivity index (χ4v) is 5.81. The first-order valence-electron chi connectivity index (χ1n) is 14.1. The van der Waals surface area contributed by atoms with Crippen LogP contribution in [0.25, 0.3) is 0 Å². The van der Waals surface area contributed by atoms with Gasteiger partial charge in [-0.1, -0.05) is 51.1 Å². The Labute approximate surface area is 249 Å². The molecule has 0 bridgehead atoms. The molecule has 2 amide bonds. The topological polar surface area (TPSA) is 105 Å². The number of hydrogen-bond acceptors (Lipinski definition) is 6. The molecule has 42 heavy (non-hydrogen) atoms. The molecule has 226 valence electrons. The van der Waals surface area contributed by atoms with E-state index in [9.17, 15) is 18.0 Å². The average Bonchev–Trinajstić information content (AvgIpc) is 2.99. The lowest BCUT2D eigenvalue weighted by Gasteiger charge is -2.33. The second-order valence-corrected chi connectivity index (χ2v) is 12.0. The smallest absolute Gasteiger partial charge is 0.264 e. The van der Waals surface area contributed by atoms with Gasteiger partial charge < -0.3 is 19.7 Å². The maximum Gasteiger partial charge on any atom is 0.264 e. The number of benzene rings is 3. The van der Waals surface area contributed by atoms with Crippen LogP contribution >= 0.6 is 0 Å². The van der Waals surface area contributed by atoms with Crippen molar-refractivity contribution in [3.05, 3.63) is 84.4 Å². The van der Waals surface area contributed by atoms with Crippen LogP contribution in [0.2, 0.25) is 0 Å². The van der Waals surface area contributed by atoms with Gasteiger partial charge in [-0.2, -0.15) is 0 Å². The molecule has 3 aromatic rings. The van der Waals surface area contributed by atoms with Gasteiger partial charge in [-0.05, 0) is 73.4 Å². The first-order valence-corrected chi connectivity index (χ1v) is 15.5. The number of amides is 2. The number of hydrogen-bond donors (Lipinski definition) is 1. The van der Waals surface area contributed by atoms with Gasteiger partial charge >= 0.3 is 0 Å². The lowest BCUT2D eigenvalue weighted by atomic mass is 10.1. The van der Waals surface area contributed by atoms with Crippen molar-refractivity contribution in [2.45, 2.75) is 51.6 Å². The summed E-state index contributed by atoms with van der Waals surface area (Å²) in [4.78, 5) is 28.9. The van der Waals surface area contributed by atoms with Crippen LogP contribution in [0.15, 0.2) is 83.8 Å². The van der Waals surface area contributed by atoms with Crippen molar-refractivity contribution >= 4 is 27.5 Å². The number of sulfonamides is 1. The van der Waals surface area contributed by atoms with Gasteiger partial charge in [0.15, 0.2) is 0 Å². The number of methoxy groups -OCH3 is 1. The van der Waals surface area contributed by atoms with E-state index >= 15 is 0 Å². The monoisotopic (exact) mass is 595 g/mol. The Morgan fingerprint density at radius 3 is 2.05 bits per heavy atom. The zero-order valence-electron chi connectivity index (χ0n) is 24.9. The third-order valence-electron chi connectivity index (χ3n) is 6.63. The van der Waals surface area contributed by atoms with Gasteiger partial charge in [0.25, 0.3) is 10.0 Å². The second kappa shape index (κ2) is 15.3. The Hall–Kier alpha value is -4.05. The second-order valence-electron chi connectivity index (χ2n) is 10.2. The Morgan fingerprint density at radius 2 is 1.50 bits per heavy atom. The molecule has 0 heterocycles. The molecule has 9 nitrogen and oxygen atoms in total. The molecule has 1 N–H and O–H groups in total. The summed E-state index contributed by atoms with van der Waals surface area (Å²) in [6.45, 7) is 8.19. The molecule has 3 rings (SSSR count). The van der Waals surface area contributed by atoms with Crippen LogP contribution < -0.4 is 19.1 Å². The number of rotatable bonds is 15. The van der Waals surface area contributed by atoms with E-state index in [0.29, 0.717) is 36.8 Å². The Bertz CT molecular complexity index is 1390. The highest BCUT2D eigenvalue weighted by molar-refractivity contribution is 7.92. The summed E-state index contributed by atoms with van der Waals surface area (Å²) in [5, 5.41) is 2.93. The van der Waals surface area contributed by atoms with E-state index in [4.69, 9.17) is 9.47 Å². The van der Waals surface area contributed by atoms with Gasteiger partial charge in [0.1, 0.15) is 24.1 Å². The van der Waals surface area contributed by atoms with E-state index in [1.165, 1.54) is 17.0 Å². The number of carbonyl (C=O) groups excluding carboxylic acids is 2. The van der Waals surface area contributed by atoms with Gasteiger partial charge in [-0.3, -0.25) is 13.9 Å². The molecule has 3 aromatic carbocycles. The van der Waals surface area contributed by atoms with Crippen molar-refractivity contribution in [1.29, 1.82) is 0 Å². The molecule has 0 radical (unpaired) electrons. The Balaban J connectivity index is 2.01. The van der Waals surface area contributed by atoms with Gasteiger partial charge in [-0.15, -0.1) is 0 Å². The first-order chi connectivity index (χ1) is 20.1. The standard InChI is InChI=1S/C32H41N3O6S/c1-6-30(32(37)33-21-24(3)4)34(22-25-13-15-27(40-5)16-14-25)31(36)23-35(26-11-9-8-10-12-26)42(38,39)29-19-17-28(18-20-29)41-7-2/h8-20,24,30H,6-7,21-23H2,1-5H3,(H,33,37)/t30-/m1/s1. The van der Waals surface area contributed by atoms with E-state index in [2.05, 4.69) is 5.32 Å². The highest BCUT2D eigenvalue weighted by atomic mass is 32.2. The van der Waals surface area contributed by atoms with Crippen LogP contribution in [0, 0.1) is 5.92 Å². The third-order valence-corrected chi connectivity index (χ3v) is 8.42. The summed E-state index contributed by atoms with van der Waals surface area (Å²) in [6.07, 6.45) is 0.350. The largest absolute Gasteiger partial charge is 0.497 e. The fraction of sp³-hybridized carbons (Fsp3) is 0.375. The summed E-state index contributed by atoms with van der Waals surface area (Å²) in [6, 6.07) is 21.0. The number of para-hydroxylation sites is 1. The van der Waals surface area contributed by atoms with E-state index in [0.717, 1.165) is 9.87 Å². The molecule has 0 fully saturated rings. The number of ether oxygens (including phenoxy) is 2. The third kappa shape index (κ3) is 8.48. The zero-order chi connectivity index (χ0) is 30.7. The summed E-state index contributed by atoms with van der Waals surface area (Å²) >= 11 is 0. The minimum Gasteiger partial charge on any atom is -0.497 e. The van der Waals surface area contributed by atoms with Crippen molar-refractivity contribution in [3.63, 3.8) is 0 Å². The fourth-order valence-electron chi connectivity index (χ4n) is 4.39. The Kier molecular flexibility index (Phi) is 11.8. The van der Waals surface area contributed by atoms with Crippen LogP contribution in [0.3, 0.4) is 0 Å². The van der Waals surface area contributed by atoms with E-state index < -0.39 is 28.5 Å². The molecule has 0 aliphatic carbocycles. The van der Waals surface area contributed by atoms with Crippen LogP contribution in [0.4, 0.5) is 5.69 Å². The SMILES string of the molecule is CCOc1ccc(S(=O)(=O)N(CC(=O)N(Cc2ccc(OC)cc2)[C@H](CC)C(=O)NCC(C)C)c2ccccc2)cc1. The zero-order valence-corrected chi connectivity index (χ0v) is 25.8. The molecule has 0 aromatic heterocycles. The predicted octanol–water partition coefficient (Wildman–Crippen LogP) is 4.87. The molecular weight excluding hydrogens is 554 g/mol. The van der Waals surface area contributed by atoms with Crippen LogP contribution in [-0.2, 0) is 26.2 Å². The quantitative estimate of drug-likeness (QED) is 0.269. The first kappa shape index (κ1) is 32.5. The molecule has 0 aliphatic rings. The molecular formula is C32H41N3O6S. The molecule has 10 heteroatoms. The average molecular weight is 596 g/mol. The van der Waals surface area contributed by atoms with Gasteiger partial charge in [0.2, 0.25) is 11.8 Å². The summed E-state index contributed by atoms with van der Waals surface area (Å²) < 4.78 is 39.7. The summed E-state index contributed by atoms with van der Waals surface area (Å²) in [7, 11) is -2.59. The van der Waals surface area contributed by atoms with Crippen LogP contribution in [0.5, 0.6) is 11.5 Å². The summed E-state index contributed by atoms with van der Waals surface area (Å²) in [5.74, 6) is 0.646. The van der Waals surface area contributed by atoms with E-state index in [-0.39, 0.29) is 23.3 Å². The van der Waals surface area contributed by atoms with E-state index in [1.807, 2.05) is 39.8 Å². The number of carbonyl (C=O) groups is 2. The number of anilines is 1. The van der Waals surface area contributed by atoms with Crippen LogP contribution in [-0.4, -0.2) is 58.0 Å². The van der Waals surface area contributed by atoms with Crippen molar-refractivity contribution in [2.24, 2.45) is 5.92 Å². The normalized spacial score (nSPS) is 12.0. The minimum atomic E-state index is -4.16. The minimum absolute atomic E-state index is 0.0195. The molecule has 1 atom stereocenters. The number of nitrogens with zero attached hydrogens (tertiary/aromatic N) is 2. The van der Waals surface area contributed by atoms with Gasteiger partial charge in [0.05, 0.1) is 24.3 Å². The lowest BCUT2D eigenvalue weighted by Crippen LogP contribution is -2.52. The number of nitrogens with one attached hydrogen (secondary N) is 1. The maximum atomic E-state index is 14.1. The van der Waals surface area contributed by atoms with Gasteiger partial charge in [0, 0.05) is 13.1 Å². The van der Waals surface area contributed by atoms with Crippen molar-refractivity contribution in [2.75, 3.05) is 31.1 Å². The van der Waals surface area contributed by atoms with Crippen molar-refractivity contribution < 1.29 is 27.5 Å². The maximum absolute atomic E-state index is 14.1. The molecule has 0 saturated heterocycles.